The predicted octanol–water partition coefficient (Wildman–Crippen LogP) is 2.91. The van der Waals surface area contributed by atoms with E-state index in [1.807, 2.05) is 11.9 Å². The van der Waals surface area contributed by atoms with Crippen molar-refractivity contribution in [3.63, 3.8) is 0 Å². The van der Waals surface area contributed by atoms with Crippen LogP contribution in [-0.4, -0.2) is 56.1 Å². The van der Waals surface area contributed by atoms with Crippen LogP contribution in [0.4, 0.5) is 4.79 Å². The van der Waals surface area contributed by atoms with Gasteiger partial charge in [0.05, 0.1) is 0 Å². The summed E-state index contributed by atoms with van der Waals surface area (Å²) in [5.74, 6) is 1.08. The normalized spacial score (nSPS) is 20.6. The van der Waals surface area contributed by atoms with E-state index in [0.29, 0.717) is 11.8 Å². The number of likely N-dealkylation sites (tertiary alicyclic amines) is 1. The average molecular weight is 324 g/mol. The smallest absolute Gasteiger partial charge is 0.317 e. The van der Waals surface area contributed by atoms with Crippen LogP contribution in [0.15, 0.2) is 17.5 Å². The van der Waals surface area contributed by atoms with Gasteiger partial charge in [-0.15, -0.1) is 11.3 Å². The molecule has 0 bridgehead atoms. The molecule has 0 aliphatic carbocycles. The molecule has 22 heavy (non-hydrogen) atoms. The van der Waals surface area contributed by atoms with Crippen molar-refractivity contribution in [2.24, 2.45) is 11.8 Å². The number of carbonyl (C=O) groups excluding carboxylic acids is 1. The molecule has 1 aliphatic rings. The number of urea groups is 1. The molecular weight excluding hydrogens is 294 g/mol. The standard InChI is InChI=1S/C17H29N3OS/c1-14(10-16-7-5-9-22-16)11-18-17(21)20(3)13-15-6-4-8-19(2)12-15/h5,7,9,14-15H,4,6,8,10-13H2,1-3H3,(H,18,21)/t14-,15-/m1/s1. The summed E-state index contributed by atoms with van der Waals surface area (Å²) in [4.78, 5) is 17.8. The molecule has 5 heteroatoms. The van der Waals surface area contributed by atoms with Gasteiger partial charge in [0.1, 0.15) is 0 Å². The van der Waals surface area contributed by atoms with Gasteiger partial charge in [-0.2, -0.15) is 0 Å². The Morgan fingerprint density at radius 1 is 1.59 bits per heavy atom. The topological polar surface area (TPSA) is 35.6 Å². The number of piperidine rings is 1. The molecule has 1 N–H and O–H groups in total. The Hall–Kier alpha value is -1.07. The van der Waals surface area contributed by atoms with Crippen molar-refractivity contribution in [3.8, 4) is 0 Å². The summed E-state index contributed by atoms with van der Waals surface area (Å²) in [7, 11) is 4.08. The Morgan fingerprint density at radius 3 is 3.09 bits per heavy atom. The van der Waals surface area contributed by atoms with Gasteiger partial charge in [-0.3, -0.25) is 0 Å². The summed E-state index contributed by atoms with van der Waals surface area (Å²) < 4.78 is 0. The summed E-state index contributed by atoms with van der Waals surface area (Å²) in [5.41, 5.74) is 0. The van der Waals surface area contributed by atoms with Gasteiger partial charge in [0.2, 0.25) is 0 Å². The fourth-order valence-electron chi connectivity index (χ4n) is 3.13. The third-order valence-electron chi connectivity index (χ3n) is 4.33. The molecular formula is C17H29N3OS. The van der Waals surface area contributed by atoms with E-state index < -0.39 is 0 Å². The molecule has 2 rings (SSSR count). The van der Waals surface area contributed by atoms with Crippen LogP contribution in [0.5, 0.6) is 0 Å². The van der Waals surface area contributed by atoms with Crippen LogP contribution in [0, 0.1) is 11.8 Å². The third kappa shape index (κ3) is 5.61. The number of rotatable bonds is 6. The lowest BCUT2D eigenvalue weighted by Gasteiger charge is -2.32. The number of hydrogen-bond acceptors (Lipinski definition) is 3. The predicted molar refractivity (Wildman–Crippen MR) is 93.4 cm³/mol. The van der Waals surface area contributed by atoms with Crippen molar-refractivity contribution in [1.29, 1.82) is 0 Å². The number of carbonyl (C=O) groups is 1. The monoisotopic (exact) mass is 323 g/mol. The van der Waals surface area contributed by atoms with Crippen LogP contribution >= 0.6 is 11.3 Å². The average Bonchev–Trinajstić information content (AvgIpc) is 2.97. The van der Waals surface area contributed by atoms with Gasteiger partial charge in [-0.1, -0.05) is 13.0 Å². The zero-order chi connectivity index (χ0) is 15.9. The molecule has 0 spiro atoms. The maximum Gasteiger partial charge on any atom is 0.317 e. The number of amides is 2. The molecule has 1 aromatic rings. The van der Waals surface area contributed by atoms with E-state index in [9.17, 15) is 4.79 Å². The van der Waals surface area contributed by atoms with E-state index in [0.717, 1.165) is 26.1 Å². The third-order valence-corrected chi connectivity index (χ3v) is 5.23. The highest BCUT2D eigenvalue weighted by atomic mass is 32.1. The quantitative estimate of drug-likeness (QED) is 0.874. The van der Waals surface area contributed by atoms with Crippen molar-refractivity contribution < 1.29 is 4.79 Å². The highest BCUT2D eigenvalue weighted by Gasteiger charge is 2.20. The molecule has 1 fully saturated rings. The molecule has 124 valence electrons. The van der Waals surface area contributed by atoms with Gasteiger partial charge >= 0.3 is 6.03 Å². The van der Waals surface area contributed by atoms with Crippen LogP contribution in [0.3, 0.4) is 0 Å². The summed E-state index contributed by atoms with van der Waals surface area (Å²) >= 11 is 1.79. The lowest BCUT2D eigenvalue weighted by Crippen LogP contribution is -2.44. The van der Waals surface area contributed by atoms with Gasteiger partial charge in [0, 0.05) is 31.6 Å². The molecule has 1 saturated heterocycles. The van der Waals surface area contributed by atoms with E-state index in [1.165, 1.54) is 24.3 Å². The largest absolute Gasteiger partial charge is 0.338 e. The van der Waals surface area contributed by atoms with E-state index in [4.69, 9.17) is 0 Å². The van der Waals surface area contributed by atoms with Gasteiger partial charge in [-0.05, 0) is 56.1 Å². The van der Waals surface area contributed by atoms with Gasteiger partial charge < -0.3 is 15.1 Å². The minimum atomic E-state index is 0.0613. The van der Waals surface area contributed by atoms with Gasteiger partial charge in [0.15, 0.2) is 0 Å². The van der Waals surface area contributed by atoms with E-state index in [2.05, 4.69) is 41.7 Å². The second kappa shape index (κ2) is 8.53. The number of nitrogens with one attached hydrogen (secondary N) is 1. The van der Waals surface area contributed by atoms with Crippen molar-refractivity contribution in [3.05, 3.63) is 22.4 Å². The minimum Gasteiger partial charge on any atom is -0.338 e. The maximum absolute atomic E-state index is 12.2. The van der Waals surface area contributed by atoms with Crippen LogP contribution in [-0.2, 0) is 6.42 Å². The first-order chi connectivity index (χ1) is 10.5. The zero-order valence-corrected chi connectivity index (χ0v) is 14.9. The highest BCUT2D eigenvalue weighted by molar-refractivity contribution is 7.09. The first kappa shape index (κ1) is 17.3. The Kier molecular flexibility index (Phi) is 6.70. The second-order valence-corrected chi connectivity index (χ2v) is 7.76. The summed E-state index contributed by atoms with van der Waals surface area (Å²) in [6, 6.07) is 4.31. The first-order valence-electron chi connectivity index (χ1n) is 8.24. The first-order valence-corrected chi connectivity index (χ1v) is 9.12. The van der Waals surface area contributed by atoms with Crippen LogP contribution in [0.2, 0.25) is 0 Å². The van der Waals surface area contributed by atoms with Crippen LogP contribution in [0.25, 0.3) is 0 Å². The highest BCUT2D eigenvalue weighted by Crippen LogP contribution is 2.16. The molecule has 1 aromatic heterocycles. The van der Waals surface area contributed by atoms with Gasteiger partial charge in [0.25, 0.3) is 0 Å². The van der Waals surface area contributed by atoms with Crippen molar-refractivity contribution in [2.45, 2.75) is 26.2 Å². The fraction of sp³-hybridized carbons (Fsp3) is 0.706. The molecule has 0 unspecified atom stereocenters. The zero-order valence-electron chi connectivity index (χ0n) is 14.0. The number of nitrogens with zero attached hydrogens (tertiary/aromatic N) is 2. The number of thiophene rings is 1. The van der Waals surface area contributed by atoms with Crippen molar-refractivity contribution in [1.82, 2.24) is 15.1 Å². The molecule has 2 amide bonds. The Morgan fingerprint density at radius 2 is 2.41 bits per heavy atom. The Balaban J connectivity index is 1.67. The summed E-state index contributed by atoms with van der Waals surface area (Å²) in [6.45, 7) is 6.08. The molecule has 0 radical (unpaired) electrons. The maximum atomic E-state index is 12.2. The van der Waals surface area contributed by atoms with Gasteiger partial charge in [-0.25, -0.2) is 4.79 Å². The molecule has 0 aromatic carbocycles. The van der Waals surface area contributed by atoms with Crippen LogP contribution < -0.4 is 5.32 Å². The summed E-state index contributed by atoms with van der Waals surface area (Å²) in [6.07, 6.45) is 3.51. The lowest BCUT2D eigenvalue weighted by molar-refractivity contribution is 0.163. The minimum absolute atomic E-state index is 0.0613. The van der Waals surface area contributed by atoms with E-state index in [-0.39, 0.29) is 6.03 Å². The van der Waals surface area contributed by atoms with Crippen molar-refractivity contribution in [2.75, 3.05) is 40.3 Å². The van der Waals surface area contributed by atoms with Crippen molar-refractivity contribution >= 4 is 17.4 Å². The molecule has 2 atom stereocenters. The Bertz CT molecular complexity index is 449. The Labute approximate surface area is 138 Å². The molecule has 0 saturated carbocycles. The molecule has 2 heterocycles. The second-order valence-electron chi connectivity index (χ2n) is 6.73. The van der Waals surface area contributed by atoms with E-state index in [1.54, 1.807) is 11.3 Å². The molecule has 4 nitrogen and oxygen atoms in total. The lowest BCUT2D eigenvalue weighted by atomic mass is 9.98. The molecule has 1 aliphatic heterocycles. The van der Waals surface area contributed by atoms with Crippen LogP contribution in [0.1, 0.15) is 24.6 Å². The van der Waals surface area contributed by atoms with E-state index >= 15 is 0 Å². The summed E-state index contributed by atoms with van der Waals surface area (Å²) in [5, 5.41) is 5.18. The fourth-order valence-corrected chi connectivity index (χ4v) is 4.00. The number of hydrogen-bond donors (Lipinski definition) is 1. The SMILES string of the molecule is C[C@@H](CNC(=O)N(C)C[C@@H]1CCCN(C)C1)Cc1cccs1.